The summed E-state index contributed by atoms with van der Waals surface area (Å²) < 4.78 is 1.89. The van der Waals surface area contributed by atoms with Crippen LogP contribution in [0.5, 0.6) is 0 Å². The second-order valence-corrected chi connectivity index (χ2v) is 9.55. The molecule has 0 aliphatic heterocycles. The van der Waals surface area contributed by atoms with Crippen LogP contribution in [0.15, 0.2) is 42.7 Å². The summed E-state index contributed by atoms with van der Waals surface area (Å²) in [4.78, 5) is 21.8. The van der Waals surface area contributed by atoms with Crippen molar-refractivity contribution in [3.63, 3.8) is 0 Å². The zero-order valence-corrected chi connectivity index (χ0v) is 20.2. The molecule has 180 valence electrons. The summed E-state index contributed by atoms with van der Waals surface area (Å²) in [6.45, 7) is 4.14. The maximum absolute atomic E-state index is 12.9. The predicted octanol–water partition coefficient (Wildman–Crippen LogP) is 4.85. The highest BCUT2D eigenvalue weighted by Gasteiger charge is 2.23. The highest BCUT2D eigenvalue weighted by molar-refractivity contribution is 5.92. The Kier molecular flexibility index (Phi) is 6.74. The van der Waals surface area contributed by atoms with E-state index in [0.717, 1.165) is 40.9 Å². The summed E-state index contributed by atoms with van der Waals surface area (Å²) in [5, 5.41) is 18.9. The SMILES string of the molecule is CC(C)n1nc(C(=O)CC2CCCCC2)nc1Cc1ccc(-c2ccncc2-c2nn[nH]n2)cc1. The first kappa shape index (κ1) is 23.0. The standard InChI is InChI=1S/C26H30N8O/c1-17(2)34-24(28-26(31-34)23(35)14-18-6-4-3-5-7-18)15-19-8-10-20(11-9-19)21-12-13-27-16-22(21)25-29-32-33-30-25/h8-13,16-18H,3-7,14-15H2,1-2H3,(H,29,30,32,33). The van der Waals surface area contributed by atoms with Gasteiger partial charge in [0.05, 0.1) is 0 Å². The van der Waals surface area contributed by atoms with Crippen LogP contribution in [0.1, 0.15) is 80.4 Å². The minimum Gasteiger partial charge on any atom is -0.291 e. The van der Waals surface area contributed by atoms with E-state index in [4.69, 9.17) is 0 Å². The van der Waals surface area contributed by atoms with Gasteiger partial charge in [0.15, 0.2) is 0 Å². The van der Waals surface area contributed by atoms with Gasteiger partial charge in [-0.1, -0.05) is 56.4 Å². The molecule has 9 heteroatoms. The van der Waals surface area contributed by atoms with Gasteiger partial charge in [-0.25, -0.2) is 9.67 Å². The number of rotatable bonds is 8. The Labute approximate surface area is 204 Å². The molecule has 0 spiro atoms. The molecule has 0 atom stereocenters. The molecule has 4 aromatic rings. The fourth-order valence-corrected chi connectivity index (χ4v) is 4.84. The van der Waals surface area contributed by atoms with Gasteiger partial charge in [0.1, 0.15) is 5.82 Å². The van der Waals surface area contributed by atoms with Crippen molar-refractivity contribution in [1.29, 1.82) is 0 Å². The summed E-state index contributed by atoms with van der Waals surface area (Å²) in [5.41, 5.74) is 3.93. The molecule has 5 rings (SSSR count). The van der Waals surface area contributed by atoms with Gasteiger partial charge in [-0.15, -0.1) is 15.3 Å². The molecule has 1 N–H and O–H groups in total. The summed E-state index contributed by atoms with van der Waals surface area (Å²) in [6.07, 6.45) is 10.7. The van der Waals surface area contributed by atoms with Gasteiger partial charge in [-0.2, -0.15) is 5.21 Å². The van der Waals surface area contributed by atoms with Gasteiger partial charge in [-0.05, 0) is 47.7 Å². The number of ketones is 1. The third-order valence-corrected chi connectivity index (χ3v) is 6.67. The maximum atomic E-state index is 12.9. The van der Waals surface area contributed by atoms with Gasteiger partial charge in [-0.3, -0.25) is 9.78 Å². The number of aromatic amines is 1. The molecule has 0 saturated heterocycles. The number of Topliss-reactive ketones (excluding diaryl/α,β-unsaturated/α-hetero) is 1. The average molecular weight is 471 g/mol. The van der Waals surface area contributed by atoms with Crippen molar-refractivity contribution in [3.05, 3.63) is 59.9 Å². The van der Waals surface area contributed by atoms with Crippen molar-refractivity contribution in [2.45, 2.75) is 64.8 Å². The first-order valence-corrected chi connectivity index (χ1v) is 12.3. The van der Waals surface area contributed by atoms with Gasteiger partial charge < -0.3 is 0 Å². The van der Waals surface area contributed by atoms with E-state index in [2.05, 4.69) is 73.8 Å². The van der Waals surface area contributed by atoms with Crippen molar-refractivity contribution in [1.82, 2.24) is 40.4 Å². The normalized spacial score (nSPS) is 14.5. The van der Waals surface area contributed by atoms with Crippen LogP contribution in [-0.2, 0) is 6.42 Å². The van der Waals surface area contributed by atoms with E-state index < -0.39 is 0 Å². The molecule has 3 heterocycles. The average Bonchev–Trinajstić information content (AvgIpc) is 3.56. The number of nitrogens with zero attached hydrogens (tertiary/aromatic N) is 7. The molecule has 3 aromatic heterocycles. The molecule has 1 aliphatic rings. The first-order valence-electron chi connectivity index (χ1n) is 12.3. The van der Waals surface area contributed by atoms with Crippen LogP contribution in [0.2, 0.25) is 0 Å². The molecule has 0 bridgehead atoms. The Balaban J connectivity index is 1.35. The summed E-state index contributed by atoms with van der Waals surface area (Å²) >= 11 is 0. The number of carbonyl (C=O) groups is 1. The minimum absolute atomic E-state index is 0.0691. The number of hydrogen-bond donors (Lipinski definition) is 1. The summed E-state index contributed by atoms with van der Waals surface area (Å²) in [6, 6.07) is 10.4. The van der Waals surface area contributed by atoms with Crippen molar-refractivity contribution >= 4 is 5.78 Å². The second kappa shape index (κ2) is 10.2. The van der Waals surface area contributed by atoms with E-state index >= 15 is 0 Å². The predicted molar refractivity (Wildman–Crippen MR) is 132 cm³/mol. The summed E-state index contributed by atoms with van der Waals surface area (Å²) in [7, 11) is 0. The van der Waals surface area contributed by atoms with E-state index in [0.29, 0.717) is 30.4 Å². The molecular formula is C26H30N8O. The topological polar surface area (TPSA) is 115 Å². The minimum atomic E-state index is 0.0691. The molecule has 1 aliphatic carbocycles. The first-order chi connectivity index (χ1) is 17.1. The fraction of sp³-hybridized carbons (Fsp3) is 0.423. The summed E-state index contributed by atoms with van der Waals surface area (Å²) in [5.74, 6) is 2.23. The van der Waals surface area contributed by atoms with Crippen LogP contribution in [0.3, 0.4) is 0 Å². The number of tetrazole rings is 1. The molecule has 0 amide bonds. The van der Waals surface area contributed by atoms with Crippen LogP contribution < -0.4 is 0 Å². The van der Waals surface area contributed by atoms with Crippen LogP contribution in [-0.4, -0.2) is 46.2 Å². The monoisotopic (exact) mass is 470 g/mol. The van der Waals surface area contributed by atoms with E-state index in [1.807, 2.05) is 10.7 Å². The van der Waals surface area contributed by atoms with E-state index in [-0.39, 0.29) is 11.8 Å². The zero-order chi connectivity index (χ0) is 24.2. The largest absolute Gasteiger partial charge is 0.291 e. The van der Waals surface area contributed by atoms with E-state index in [1.165, 1.54) is 19.3 Å². The number of pyridine rings is 1. The molecular weight excluding hydrogens is 440 g/mol. The highest BCUT2D eigenvalue weighted by atomic mass is 16.1. The number of aromatic nitrogens is 8. The quantitative estimate of drug-likeness (QED) is 0.366. The van der Waals surface area contributed by atoms with Crippen LogP contribution in [0.4, 0.5) is 0 Å². The lowest BCUT2D eigenvalue weighted by atomic mass is 9.86. The Bertz CT molecular complexity index is 1270. The molecule has 1 saturated carbocycles. The van der Waals surface area contributed by atoms with Crippen LogP contribution >= 0.6 is 0 Å². The second-order valence-electron chi connectivity index (χ2n) is 9.55. The van der Waals surface area contributed by atoms with Gasteiger partial charge in [0.25, 0.3) is 0 Å². The fourth-order valence-electron chi connectivity index (χ4n) is 4.84. The third kappa shape index (κ3) is 5.18. The smallest absolute Gasteiger partial charge is 0.217 e. The zero-order valence-electron chi connectivity index (χ0n) is 20.2. The Morgan fingerprint density at radius 3 is 2.60 bits per heavy atom. The number of nitrogens with one attached hydrogen (secondary N) is 1. The molecule has 0 unspecified atom stereocenters. The van der Waals surface area contributed by atoms with Crippen LogP contribution in [0, 0.1) is 5.92 Å². The molecule has 9 nitrogen and oxygen atoms in total. The number of benzene rings is 1. The van der Waals surface area contributed by atoms with Gasteiger partial charge in [0, 0.05) is 36.8 Å². The lowest BCUT2D eigenvalue weighted by Crippen LogP contribution is -2.14. The third-order valence-electron chi connectivity index (χ3n) is 6.67. The molecule has 35 heavy (non-hydrogen) atoms. The van der Waals surface area contributed by atoms with E-state index in [9.17, 15) is 4.79 Å². The lowest BCUT2D eigenvalue weighted by molar-refractivity contribution is 0.0939. The van der Waals surface area contributed by atoms with Gasteiger partial charge >= 0.3 is 0 Å². The molecule has 1 fully saturated rings. The molecule has 0 radical (unpaired) electrons. The van der Waals surface area contributed by atoms with Gasteiger partial charge in [0.2, 0.25) is 17.4 Å². The maximum Gasteiger partial charge on any atom is 0.217 e. The number of carbonyl (C=O) groups excluding carboxylic acids is 1. The Morgan fingerprint density at radius 2 is 1.89 bits per heavy atom. The molecule has 1 aromatic carbocycles. The van der Waals surface area contributed by atoms with E-state index in [1.54, 1.807) is 12.4 Å². The van der Waals surface area contributed by atoms with Crippen molar-refractivity contribution in [2.75, 3.05) is 0 Å². The van der Waals surface area contributed by atoms with Crippen molar-refractivity contribution in [2.24, 2.45) is 5.92 Å². The van der Waals surface area contributed by atoms with Crippen LogP contribution in [0.25, 0.3) is 22.5 Å². The lowest BCUT2D eigenvalue weighted by Gasteiger charge is -2.19. The Hall–Kier alpha value is -3.75. The highest BCUT2D eigenvalue weighted by Crippen LogP contribution is 2.30. The number of H-pyrrole nitrogens is 1. The van der Waals surface area contributed by atoms with Crippen molar-refractivity contribution in [3.8, 4) is 22.5 Å². The van der Waals surface area contributed by atoms with Crippen molar-refractivity contribution < 1.29 is 4.79 Å². The number of hydrogen-bond acceptors (Lipinski definition) is 7. The Morgan fingerprint density at radius 1 is 1.09 bits per heavy atom.